The highest BCUT2D eigenvalue weighted by Gasteiger charge is 2.11. The molecule has 0 aliphatic heterocycles. The molecule has 0 aliphatic rings. The maximum Gasteiger partial charge on any atom is 0.354 e. The molecule has 7 heteroatoms. The summed E-state index contributed by atoms with van der Waals surface area (Å²) >= 11 is 1.40. The third-order valence-corrected chi connectivity index (χ3v) is 2.60. The summed E-state index contributed by atoms with van der Waals surface area (Å²) in [7, 11) is 0. The first-order valence-corrected chi connectivity index (χ1v) is 5.21. The van der Waals surface area contributed by atoms with Crippen molar-refractivity contribution in [3.8, 4) is 11.5 Å². The minimum Gasteiger partial charge on any atom is -0.477 e. The lowest BCUT2D eigenvalue weighted by atomic mass is 10.3. The fourth-order valence-electron chi connectivity index (χ4n) is 1.16. The van der Waals surface area contributed by atoms with Crippen molar-refractivity contribution in [3.63, 3.8) is 0 Å². The molecule has 0 aromatic carbocycles. The predicted octanol–water partition coefficient (Wildman–Crippen LogP) is 0.900. The van der Waals surface area contributed by atoms with E-state index < -0.39 is 11.5 Å². The first-order chi connectivity index (χ1) is 7.56. The molecular weight excluding hydrogens is 230 g/mol. The van der Waals surface area contributed by atoms with E-state index in [0.29, 0.717) is 5.69 Å². The van der Waals surface area contributed by atoms with E-state index in [2.05, 4.69) is 15.0 Å². The highest BCUT2D eigenvalue weighted by molar-refractivity contribution is 7.09. The van der Waals surface area contributed by atoms with Crippen LogP contribution in [-0.4, -0.2) is 26.0 Å². The monoisotopic (exact) mass is 237 g/mol. The molecule has 2 aromatic heterocycles. The van der Waals surface area contributed by atoms with Crippen LogP contribution in [0.25, 0.3) is 11.5 Å². The number of aryl methyl sites for hydroxylation is 1. The van der Waals surface area contributed by atoms with E-state index in [9.17, 15) is 9.59 Å². The van der Waals surface area contributed by atoms with E-state index in [4.69, 9.17) is 5.11 Å². The molecule has 6 nitrogen and oxygen atoms in total. The number of carboxylic acid groups (broad SMARTS) is 1. The molecule has 2 N–H and O–H groups in total. The number of aromatic amines is 1. The van der Waals surface area contributed by atoms with Gasteiger partial charge in [0.2, 0.25) is 0 Å². The molecule has 0 spiro atoms. The van der Waals surface area contributed by atoms with Gasteiger partial charge in [0.15, 0.2) is 11.5 Å². The van der Waals surface area contributed by atoms with Crippen LogP contribution in [0.3, 0.4) is 0 Å². The van der Waals surface area contributed by atoms with Crippen LogP contribution in [0.15, 0.2) is 16.2 Å². The molecule has 16 heavy (non-hydrogen) atoms. The molecule has 0 unspecified atom stereocenters. The van der Waals surface area contributed by atoms with E-state index in [-0.39, 0.29) is 11.5 Å². The number of rotatable bonds is 2. The van der Waals surface area contributed by atoms with E-state index >= 15 is 0 Å². The van der Waals surface area contributed by atoms with E-state index in [1.54, 1.807) is 5.38 Å². The first-order valence-electron chi connectivity index (χ1n) is 4.33. The van der Waals surface area contributed by atoms with Crippen molar-refractivity contribution in [3.05, 3.63) is 32.5 Å². The van der Waals surface area contributed by atoms with Crippen molar-refractivity contribution in [2.45, 2.75) is 6.92 Å². The van der Waals surface area contributed by atoms with Crippen molar-refractivity contribution in [1.29, 1.82) is 0 Å². The average Bonchev–Trinajstić information content (AvgIpc) is 2.64. The van der Waals surface area contributed by atoms with Gasteiger partial charge in [-0.25, -0.2) is 14.8 Å². The maximum atomic E-state index is 11.2. The van der Waals surface area contributed by atoms with Gasteiger partial charge in [-0.3, -0.25) is 4.79 Å². The fraction of sp³-hybridized carbons (Fsp3) is 0.111. The Kier molecular flexibility index (Phi) is 2.53. The van der Waals surface area contributed by atoms with Gasteiger partial charge in [0.1, 0.15) is 5.69 Å². The lowest BCUT2D eigenvalue weighted by Gasteiger charge is -1.97. The Morgan fingerprint density at radius 1 is 1.50 bits per heavy atom. The van der Waals surface area contributed by atoms with Gasteiger partial charge in [-0.1, -0.05) is 0 Å². The molecule has 0 radical (unpaired) electrons. The molecule has 0 bridgehead atoms. The highest BCUT2D eigenvalue weighted by Crippen LogP contribution is 2.16. The Labute approximate surface area is 93.6 Å². The van der Waals surface area contributed by atoms with Crippen molar-refractivity contribution in [2.75, 3.05) is 0 Å². The maximum absolute atomic E-state index is 11.2. The summed E-state index contributed by atoms with van der Waals surface area (Å²) in [5.41, 5.74) is -0.319. The summed E-state index contributed by atoms with van der Waals surface area (Å²) in [6.07, 6.45) is 0. The summed E-state index contributed by atoms with van der Waals surface area (Å²) in [5.74, 6) is -1.06. The minimum absolute atomic E-state index is 0.175. The summed E-state index contributed by atoms with van der Waals surface area (Å²) < 4.78 is 0. The molecule has 0 fully saturated rings. The van der Waals surface area contributed by atoms with Crippen LogP contribution in [0, 0.1) is 6.92 Å². The Morgan fingerprint density at radius 3 is 2.81 bits per heavy atom. The van der Waals surface area contributed by atoms with Crippen LogP contribution in [0.1, 0.15) is 15.5 Å². The predicted molar refractivity (Wildman–Crippen MR) is 57.7 cm³/mol. The largest absolute Gasteiger partial charge is 0.477 e. The third kappa shape index (κ3) is 1.98. The molecule has 2 aromatic rings. The summed E-state index contributed by atoms with van der Waals surface area (Å²) in [5, 5.41) is 11.3. The standard InChI is InChI=1S/C9H7N3O3S/c1-4-10-6(3-16-4)8-11-5(9(14)15)2-7(13)12-8/h2-3H,1H3,(H,14,15)(H,11,12,13). The lowest BCUT2D eigenvalue weighted by molar-refractivity contribution is 0.0690. The van der Waals surface area contributed by atoms with Crippen LogP contribution in [0.5, 0.6) is 0 Å². The fourth-order valence-corrected chi connectivity index (χ4v) is 1.76. The number of hydrogen-bond acceptors (Lipinski definition) is 5. The lowest BCUT2D eigenvalue weighted by Crippen LogP contribution is -2.13. The third-order valence-electron chi connectivity index (χ3n) is 1.82. The second kappa shape index (κ2) is 3.86. The van der Waals surface area contributed by atoms with Crippen molar-refractivity contribution < 1.29 is 9.90 Å². The van der Waals surface area contributed by atoms with Crippen molar-refractivity contribution in [2.24, 2.45) is 0 Å². The molecule has 0 atom stereocenters. The van der Waals surface area contributed by atoms with Gasteiger partial charge in [0.05, 0.1) is 5.01 Å². The smallest absolute Gasteiger partial charge is 0.354 e. The summed E-state index contributed by atoms with van der Waals surface area (Å²) in [6, 6.07) is 0.936. The second-order valence-electron chi connectivity index (χ2n) is 3.04. The summed E-state index contributed by atoms with van der Waals surface area (Å²) in [4.78, 5) is 32.3. The number of carbonyl (C=O) groups is 1. The van der Waals surface area contributed by atoms with Crippen LogP contribution >= 0.6 is 11.3 Å². The van der Waals surface area contributed by atoms with Crippen LogP contribution in [0.4, 0.5) is 0 Å². The van der Waals surface area contributed by atoms with E-state index in [0.717, 1.165) is 11.1 Å². The summed E-state index contributed by atoms with van der Waals surface area (Å²) in [6.45, 7) is 1.81. The molecule has 0 saturated heterocycles. The Morgan fingerprint density at radius 2 is 2.25 bits per heavy atom. The van der Waals surface area contributed by atoms with E-state index in [1.165, 1.54) is 11.3 Å². The number of nitrogens with zero attached hydrogens (tertiary/aromatic N) is 2. The van der Waals surface area contributed by atoms with Gasteiger partial charge < -0.3 is 10.1 Å². The average molecular weight is 237 g/mol. The second-order valence-corrected chi connectivity index (χ2v) is 4.10. The van der Waals surface area contributed by atoms with E-state index in [1.807, 2.05) is 6.92 Å². The minimum atomic E-state index is -1.24. The Hall–Kier alpha value is -2.02. The molecule has 2 heterocycles. The SMILES string of the molecule is Cc1nc(-c2nc(C(=O)O)cc(=O)[nH]2)cs1. The van der Waals surface area contributed by atoms with Crippen LogP contribution in [0.2, 0.25) is 0 Å². The molecule has 2 rings (SSSR count). The number of hydrogen-bond donors (Lipinski definition) is 2. The normalized spacial score (nSPS) is 10.3. The zero-order valence-corrected chi connectivity index (χ0v) is 9.04. The van der Waals surface area contributed by atoms with Gasteiger partial charge in [-0.15, -0.1) is 11.3 Å². The van der Waals surface area contributed by atoms with Crippen LogP contribution < -0.4 is 5.56 Å². The zero-order chi connectivity index (χ0) is 11.7. The van der Waals surface area contributed by atoms with Gasteiger partial charge in [0, 0.05) is 11.4 Å². The highest BCUT2D eigenvalue weighted by atomic mass is 32.1. The van der Waals surface area contributed by atoms with Gasteiger partial charge in [-0.2, -0.15) is 0 Å². The van der Waals surface area contributed by atoms with Crippen molar-refractivity contribution in [1.82, 2.24) is 15.0 Å². The quantitative estimate of drug-likeness (QED) is 0.808. The number of aromatic nitrogens is 3. The number of carboxylic acids is 1. The van der Waals surface area contributed by atoms with Crippen molar-refractivity contribution >= 4 is 17.3 Å². The topological polar surface area (TPSA) is 95.9 Å². The van der Waals surface area contributed by atoms with Gasteiger partial charge in [-0.05, 0) is 6.92 Å². The number of H-pyrrole nitrogens is 1. The first kappa shape index (κ1) is 10.5. The molecule has 0 saturated carbocycles. The van der Waals surface area contributed by atoms with Gasteiger partial charge >= 0.3 is 5.97 Å². The van der Waals surface area contributed by atoms with Crippen LogP contribution in [-0.2, 0) is 0 Å². The number of aromatic carboxylic acids is 1. The number of nitrogens with one attached hydrogen (secondary N) is 1. The molecule has 0 aliphatic carbocycles. The Balaban J connectivity index is 2.57. The Bertz CT molecular complexity index is 602. The molecule has 0 amide bonds. The molecule has 82 valence electrons. The number of thiazole rings is 1. The van der Waals surface area contributed by atoms with Gasteiger partial charge in [0.25, 0.3) is 5.56 Å². The molecular formula is C9H7N3O3S. The zero-order valence-electron chi connectivity index (χ0n) is 8.22.